The van der Waals surface area contributed by atoms with Crippen molar-refractivity contribution in [1.82, 2.24) is 4.90 Å². The molecule has 0 atom stereocenters. The van der Waals surface area contributed by atoms with E-state index in [1.807, 2.05) is 25.9 Å². The Labute approximate surface area is 62.5 Å². The van der Waals surface area contributed by atoms with Crippen molar-refractivity contribution in [3.8, 4) is 0 Å². The molecule has 2 heteroatoms. The Balaban J connectivity index is 3.40. The minimum Gasteiger partial charge on any atom is -0.309 e. The molecule has 0 aromatic rings. The zero-order valence-electron chi connectivity index (χ0n) is 6.92. The molecule has 0 aliphatic carbocycles. The number of carbonyl (C=O) groups excluding carboxylic acids is 1. The molecule has 58 valence electrons. The van der Waals surface area contributed by atoms with Crippen molar-refractivity contribution in [1.29, 1.82) is 0 Å². The van der Waals surface area contributed by atoms with Crippen LogP contribution in [0.5, 0.6) is 0 Å². The van der Waals surface area contributed by atoms with Crippen LogP contribution in [0.1, 0.15) is 13.3 Å². The number of nitrogens with zero attached hydrogens (tertiary/aromatic N) is 1. The average molecular weight is 141 g/mol. The summed E-state index contributed by atoms with van der Waals surface area (Å²) in [6.45, 7) is 2.69. The Bertz CT molecular complexity index is 127. The first-order valence-corrected chi connectivity index (χ1v) is 3.47. The predicted octanol–water partition coefficient (Wildman–Crippen LogP) is 1.08. The molecule has 0 aliphatic rings. The topological polar surface area (TPSA) is 20.3 Å². The highest BCUT2D eigenvalue weighted by Crippen LogP contribution is 1.87. The summed E-state index contributed by atoms with van der Waals surface area (Å²) in [5.74, 6) is 0.205. The van der Waals surface area contributed by atoms with Crippen LogP contribution in [0.4, 0.5) is 0 Å². The van der Waals surface area contributed by atoms with Gasteiger partial charge in [-0.3, -0.25) is 4.79 Å². The van der Waals surface area contributed by atoms with E-state index in [0.29, 0.717) is 6.42 Å². The fourth-order valence-corrected chi connectivity index (χ4v) is 0.603. The summed E-state index contributed by atoms with van der Waals surface area (Å²) >= 11 is 0. The van der Waals surface area contributed by atoms with E-state index in [0.717, 1.165) is 6.54 Å². The molecule has 0 bridgehead atoms. The molecule has 10 heavy (non-hydrogen) atoms. The average Bonchev–Trinajstić information content (AvgIpc) is 1.85. The van der Waals surface area contributed by atoms with Crippen LogP contribution >= 0.6 is 0 Å². The van der Waals surface area contributed by atoms with Crippen molar-refractivity contribution in [3.05, 3.63) is 12.2 Å². The molecule has 0 radical (unpaired) electrons. The number of carbonyl (C=O) groups is 1. The lowest BCUT2D eigenvalue weighted by Gasteiger charge is -2.05. The fraction of sp³-hybridized carbons (Fsp3) is 0.625. The van der Waals surface area contributed by atoms with Crippen molar-refractivity contribution >= 4 is 5.78 Å². The Morgan fingerprint density at radius 1 is 1.50 bits per heavy atom. The predicted molar refractivity (Wildman–Crippen MR) is 43.0 cm³/mol. The van der Waals surface area contributed by atoms with Crippen LogP contribution in [0.15, 0.2) is 12.2 Å². The monoisotopic (exact) mass is 141 g/mol. The molecule has 0 aromatic heterocycles. The molecule has 0 N–H and O–H groups in total. The van der Waals surface area contributed by atoms with Crippen molar-refractivity contribution in [2.24, 2.45) is 0 Å². The number of rotatable bonds is 4. The largest absolute Gasteiger partial charge is 0.309 e. The summed E-state index contributed by atoms with van der Waals surface area (Å²) in [6, 6.07) is 0. The Kier molecular flexibility index (Phi) is 4.85. The van der Waals surface area contributed by atoms with Gasteiger partial charge in [0.1, 0.15) is 0 Å². The van der Waals surface area contributed by atoms with Gasteiger partial charge in [-0.1, -0.05) is 6.08 Å². The molecule has 0 aromatic carbocycles. The molecule has 2 nitrogen and oxygen atoms in total. The second-order valence-electron chi connectivity index (χ2n) is 2.52. The summed E-state index contributed by atoms with van der Waals surface area (Å²) in [7, 11) is 3.92. The molecule has 0 fully saturated rings. The second-order valence-corrected chi connectivity index (χ2v) is 2.52. The van der Waals surface area contributed by atoms with E-state index in [4.69, 9.17) is 0 Å². The minimum atomic E-state index is 0.205. The van der Waals surface area contributed by atoms with E-state index in [2.05, 4.69) is 0 Å². The summed E-state index contributed by atoms with van der Waals surface area (Å²) in [6.07, 6.45) is 4.01. The summed E-state index contributed by atoms with van der Waals surface area (Å²) in [5, 5.41) is 0. The van der Waals surface area contributed by atoms with E-state index in [-0.39, 0.29) is 5.78 Å². The molecule has 0 aliphatic heterocycles. The van der Waals surface area contributed by atoms with Crippen LogP contribution in [0, 0.1) is 0 Å². The zero-order valence-corrected chi connectivity index (χ0v) is 6.92. The number of hydrogen-bond donors (Lipinski definition) is 0. The summed E-state index contributed by atoms with van der Waals surface area (Å²) in [4.78, 5) is 12.8. The van der Waals surface area contributed by atoms with Crippen LogP contribution in [0.2, 0.25) is 0 Å². The van der Waals surface area contributed by atoms with Crippen LogP contribution in [0.25, 0.3) is 0 Å². The number of allylic oxidation sites excluding steroid dienone is 2. The first-order chi connectivity index (χ1) is 4.66. The van der Waals surface area contributed by atoms with E-state index >= 15 is 0 Å². The molecule has 0 heterocycles. The normalized spacial score (nSPS) is 11.2. The lowest BCUT2D eigenvalue weighted by molar-refractivity contribution is -0.114. The van der Waals surface area contributed by atoms with E-state index in [1.54, 1.807) is 12.2 Å². The quantitative estimate of drug-likeness (QED) is 0.546. The van der Waals surface area contributed by atoms with E-state index in [1.165, 1.54) is 0 Å². The van der Waals surface area contributed by atoms with Gasteiger partial charge in [-0.05, 0) is 27.1 Å². The van der Waals surface area contributed by atoms with Gasteiger partial charge in [0.25, 0.3) is 0 Å². The molecule has 0 saturated heterocycles. The maximum Gasteiger partial charge on any atom is 0.156 e. The van der Waals surface area contributed by atoms with Gasteiger partial charge in [0.2, 0.25) is 0 Å². The van der Waals surface area contributed by atoms with Gasteiger partial charge in [0.15, 0.2) is 5.78 Å². The van der Waals surface area contributed by atoms with Gasteiger partial charge in [0, 0.05) is 13.0 Å². The third kappa shape index (κ3) is 5.51. The maximum absolute atomic E-state index is 10.8. The Morgan fingerprint density at radius 3 is 2.50 bits per heavy atom. The maximum atomic E-state index is 10.8. The molecule has 0 saturated carbocycles. The Hall–Kier alpha value is -0.630. The van der Waals surface area contributed by atoms with Gasteiger partial charge >= 0.3 is 0 Å². The summed E-state index contributed by atoms with van der Waals surface area (Å²) < 4.78 is 0. The molecular formula is C8H15NO. The van der Waals surface area contributed by atoms with Crippen molar-refractivity contribution in [2.45, 2.75) is 13.3 Å². The van der Waals surface area contributed by atoms with Gasteiger partial charge in [-0.15, -0.1) is 0 Å². The summed E-state index contributed by atoms with van der Waals surface area (Å²) in [5.41, 5.74) is 0. The van der Waals surface area contributed by atoms with Gasteiger partial charge in [-0.25, -0.2) is 0 Å². The Morgan fingerprint density at radius 2 is 2.10 bits per heavy atom. The number of hydrogen-bond acceptors (Lipinski definition) is 2. The number of ketones is 1. The first-order valence-electron chi connectivity index (χ1n) is 3.47. The standard InChI is InChI=1S/C8H15NO/c1-4-5-8(10)6-7-9(2)3/h4-5H,6-7H2,1-3H3/b5-4+. The highest BCUT2D eigenvalue weighted by atomic mass is 16.1. The second kappa shape index (κ2) is 5.18. The first kappa shape index (κ1) is 9.37. The lowest BCUT2D eigenvalue weighted by Crippen LogP contribution is -2.15. The van der Waals surface area contributed by atoms with Crippen molar-refractivity contribution in [3.63, 3.8) is 0 Å². The molecule has 0 spiro atoms. The SMILES string of the molecule is C/C=C/C(=O)CCN(C)C. The van der Waals surface area contributed by atoms with Crippen LogP contribution in [-0.4, -0.2) is 31.3 Å². The smallest absolute Gasteiger partial charge is 0.156 e. The minimum absolute atomic E-state index is 0.205. The molecule has 0 rings (SSSR count). The molecular weight excluding hydrogens is 126 g/mol. The zero-order chi connectivity index (χ0) is 7.98. The molecule has 0 amide bonds. The van der Waals surface area contributed by atoms with Crippen LogP contribution in [-0.2, 0) is 4.79 Å². The third-order valence-electron chi connectivity index (χ3n) is 1.16. The van der Waals surface area contributed by atoms with Gasteiger partial charge in [-0.2, -0.15) is 0 Å². The van der Waals surface area contributed by atoms with E-state index < -0.39 is 0 Å². The van der Waals surface area contributed by atoms with E-state index in [9.17, 15) is 4.79 Å². The van der Waals surface area contributed by atoms with Gasteiger partial charge < -0.3 is 4.90 Å². The highest BCUT2D eigenvalue weighted by Gasteiger charge is 1.95. The van der Waals surface area contributed by atoms with Gasteiger partial charge in [0.05, 0.1) is 0 Å². The highest BCUT2D eigenvalue weighted by molar-refractivity contribution is 5.89. The van der Waals surface area contributed by atoms with Crippen molar-refractivity contribution in [2.75, 3.05) is 20.6 Å². The fourth-order valence-electron chi connectivity index (χ4n) is 0.603. The third-order valence-corrected chi connectivity index (χ3v) is 1.16. The van der Waals surface area contributed by atoms with Crippen LogP contribution in [0.3, 0.4) is 0 Å². The van der Waals surface area contributed by atoms with Crippen molar-refractivity contribution < 1.29 is 4.79 Å². The van der Waals surface area contributed by atoms with Crippen LogP contribution < -0.4 is 0 Å². The lowest BCUT2D eigenvalue weighted by atomic mass is 10.2. The molecule has 0 unspecified atom stereocenters.